The van der Waals surface area contributed by atoms with Gasteiger partial charge in [0, 0.05) is 38.4 Å². The Labute approximate surface area is 237 Å². The molecule has 2 fully saturated rings. The Morgan fingerprint density at radius 3 is 2.49 bits per heavy atom. The molecular weight excluding hydrogens is 530 g/mol. The van der Waals surface area contributed by atoms with Crippen LogP contribution in [0.2, 0.25) is 0 Å². The number of nitrogens with zero attached hydrogens (tertiary/aromatic N) is 5. The highest BCUT2D eigenvalue weighted by Gasteiger charge is 2.56. The Bertz CT molecular complexity index is 1320. The van der Waals surface area contributed by atoms with Crippen molar-refractivity contribution in [3.8, 4) is 0 Å². The molecule has 5 rings (SSSR count). The fourth-order valence-corrected chi connectivity index (χ4v) is 5.97. The van der Waals surface area contributed by atoms with E-state index in [9.17, 15) is 19.2 Å². The summed E-state index contributed by atoms with van der Waals surface area (Å²) in [7, 11) is 0. The van der Waals surface area contributed by atoms with Gasteiger partial charge in [0.25, 0.3) is 0 Å². The zero-order valence-corrected chi connectivity index (χ0v) is 23.3. The Morgan fingerprint density at radius 1 is 1.12 bits per heavy atom. The number of aliphatic carboxylic acids is 1. The lowest BCUT2D eigenvalue weighted by Gasteiger charge is -2.45. The van der Waals surface area contributed by atoms with Gasteiger partial charge in [-0.2, -0.15) is 4.98 Å². The summed E-state index contributed by atoms with van der Waals surface area (Å²) in [6.07, 6.45) is 5.81. The maximum Gasteiger partial charge on any atom is 0.307 e. The van der Waals surface area contributed by atoms with Gasteiger partial charge >= 0.3 is 11.9 Å². The third kappa shape index (κ3) is 5.85. The first-order valence-electron chi connectivity index (χ1n) is 14.0. The number of Topliss-reactive ketones (excluding diaryl/α,β-unsaturated/α-hetero) is 1. The summed E-state index contributed by atoms with van der Waals surface area (Å²) >= 11 is 0. The predicted molar refractivity (Wildman–Crippen MR) is 149 cm³/mol. The van der Waals surface area contributed by atoms with Crippen LogP contribution in [0.25, 0.3) is 0 Å². The average molecular weight is 566 g/mol. The van der Waals surface area contributed by atoms with E-state index in [1.807, 2.05) is 12.1 Å². The minimum absolute atomic E-state index is 0.158. The molecule has 1 saturated heterocycles. The molecule has 0 spiro atoms. The second-order valence-corrected chi connectivity index (χ2v) is 10.9. The molecule has 2 aliphatic heterocycles. The molecule has 218 valence electrons. The van der Waals surface area contributed by atoms with Gasteiger partial charge in [0.1, 0.15) is 23.3 Å². The lowest BCUT2D eigenvalue weighted by atomic mass is 9.76. The fourth-order valence-electron chi connectivity index (χ4n) is 5.97. The lowest BCUT2D eigenvalue weighted by molar-refractivity contribution is -0.172. The number of nitrogens with one attached hydrogen (secondary N) is 2. The van der Waals surface area contributed by atoms with E-state index in [0.717, 1.165) is 57.5 Å². The summed E-state index contributed by atoms with van der Waals surface area (Å²) in [6, 6.07) is 3.65. The molecule has 3 N–H and O–H groups in total. The first-order valence-corrected chi connectivity index (χ1v) is 14.0. The smallest absolute Gasteiger partial charge is 0.307 e. The summed E-state index contributed by atoms with van der Waals surface area (Å²) in [5, 5.41) is 15.4. The van der Waals surface area contributed by atoms with Crippen molar-refractivity contribution in [3.05, 3.63) is 30.1 Å². The van der Waals surface area contributed by atoms with Crippen molar-refractivity contribution in [1.29, 1.82) is 0 Å². The summed E-state index contributed by atoms with van der Waals surface area (Å²) in [4.78, 5) is 68.0. The van der Waals surface area contributed by atoms with Crippen LogP contribution in [0.1, 0.15) is 57.9 Å². The number of carboxylic acids is 1. The molecule has 2 unspecified atom stereocenters. The van der Waals surface area contributed by atoms with E-state index in [0.29, 0.717) is 11.4 Å². The van der Waals surface area contributed by atoms with Crippen LogP contribution in [-0.4, -0.2) is 75.9 Å². The van der Waals surface area contributed by atoms with Crippen LogP contribution in [0.3, 0.4) is 0 Å². The van der Waals surface area contributed by atoms with Crippen LogP contribution < -0.4 is 20.4 Å². The van der Waals surface area contributed by atoms with Crippen molar-refractivity contribution >= 4 is 46.9 Å². The van der Waals surface area contributed by atoms with Crippen molar-refractivity contribution in [3.63, 3.8) is 0 Å². The topological polar surface area (TPSA) is 167 Å². The second-order valence-electron chi connectivity index (χ2n) is 10.9. The lowest BCUT2D eigenvalue weighted by Crippen LogP contribution is -2.58. The molecule has 2 atom stereocenters. The maximum absolute atomic E-state index is 14.0. The SMILES string of the molecule is CC(=O)C1C(=O)N(C2CCCC2)c2nc(Nc3ccc(N4CCNCC4)cn3)ncc2C1(C)OC(=O)CCC(=O)O. The number of ketones is 1. The fraction of sp³-hybridized carbons (Fsp3) is 0.536. The van der Waals surface area contributed by atoms with Crippen molar-refractivity contribution < 1.29 is 29.0 Å². The van der Waals surface area contributed by atoms with Gasteiger partial charge < -0.3 is 25.4 Å². The van der Waals surface area contributed by atoms with Crippen LogP contribution in [-0.2, 0) is 29.5 Å². The molecule has 0 aromatic carbocycles. The van der Waals surface area contributed by atoms with Crippen molar-refractivity contribution in [2.45, 2.75) is 64.0 Å². The van der Waals surface area contributed by atoms with Gasteiger partial charge in [-0.1, -0.05) is 12.8 Å². The predicted octanol–water partition coefficient (Wildman–Crippen LogP) is 2.14. The first kappa shape index (κ1) is 28.4. The minimum Gasteiger partial charge on any atom is -0.481 e. The molecular formula is C28H35N7O6. The summed E-state index contributed by atoms with van der Waals surface area (Å²) in [5.41, 5.74) is -0.373. The molecule has 4 heterocycles. The number of hydrogen-bond donors (Lipinski definition) is 3. The number of carbonyl (C=O) groups excluding carboxylic acids is 3. The van der Waals surface area contributed by atoms with Crippen molar-refractivity contribution in [1.82, 2.24) is 20.3 Å². The largest absolute Gasteiger partial charge is 0.481 e. The zero-order valence-electron chi connectivity index (χ0n) is 23.3. The first-order chi connectivity index (χ1) is 19.7. The molecule has 3 aliphatic rings. The summed E-state index contributed by atoms with van der Waals surface area (Å²) < 4.78 is 5.75. The number of hydrogen-bond acceptors (Lipinski definition) is 11. The molecule has 2 aromatic rings. The third-order valence-corrected chi connectivity index (χ3v) is 8.00. The van der Waals surface area contributed by atoms with E-state index in [1.54, 1.807) is 11.1 Å². The number of esters is 1. The van der Waals surface area contributed by atoms with Crippen LogP contribution >= 0.6 is 0 Å². The molecule has 41 heavy (non-hydrogen) atoms. The van der Waals surface area contributed by atoms with Crippen molar-refractivity contribution in [2.75, 3.05) is 41.3 Å². The number of anilines is 4. The number of carbonyl (C=O) groups is 4. The van der Waals surface area contributed by atoms with E-state index in [2.05, 4.69) is 25.5 Å². The highest BCUT2D eigenvalue weighted by atomic mass is 16.6. The van der Waals surface area contributed by atoms with E-state index in [4.69, 9.17) is 14.8 Å². The molecule has 2 aromatic heterocycles. The average Bonchev–Trinajstić information content (AvgIpc) is 3.47. The van der Waals surface area contributed by atoms with Crippen LogP contribution in [0.4, 0.5) is 23.3 Å². The third-order valence-electron chi connectivity index (χ3n) is 8.00. The van der Waals surface area contributed by atoms with Gasteiger partial charge in [0.05, 0.1) is 30.3 Å². The second kappa shape index (κ2) is 11.8. The molecule has 1 aliphatic carbocycles. The number of rotatable bonds is 9. The molecule has 0 radical (unpaired) electrons. The Hall–Kier alpha value is -4.13. The summed E-state index contributed by atoms with van der Waals surface area (Å²) in [6.45, 7) is 6.40. The number of pyridine rings is 1. The van der Waals surface area contributed by atoms with Crippen LogP contribution in [0, 0.1) is 5.92 Å². The molecule has 1 saturated carbocycles. The summed E-state index contributed by atoms with van der Waals surface area (Å²) in [5.74, 6) is -3.28. The zero-order chi connectivity index (χ0) is 29.1. The van der Waals surface area contributed by atoms with Gasteiger partial charge in [-0.05, 0) is 38.8 Å². The van der Waals surface area contributed by atoms with Gasteiger partial charge in [0.15, 0.2) is 5.60 Å². The maximum atomic E-state index is 14.0. The normalized spacial score (nSPS) is 22.8. The van der Waals surface area contributed by atoms with Crippen LogP contribution in [0.15, 0.2) is 24.5 Å². The molecule has 1 amide bonds. The van der Waals surface area contributed by atoms with E-state index >= 15 is 0 Å². The Morgan fingerprint density at radius 2 is 1.85 bits per heavy atom. The highest BCUT2D eigenvalue weighted by molar-refractivity contribution is 6.11. The number of aromatic nitrogens is 3. The quantitative estimate of drug-likeness (QED) is 0.300. The minimum atomic E-state index is -1.70. The van der Waals surface area contributed by atoms with Gasteiger partial charge in [-0.15, -0.1) is 0 Å². The standard InChI is InChI=1S/C28H35N7O6/c1-17(36)24-26(40)35(18-5-3-4-6-18)25-20(28(24,2)41-23(39)10-9-22(37)38)16-31-27(33-25)32-21-8-7-19(15-30-21)34-13-11-29-12-14-34/h7-8,15-16,18,24,29H,3-6,9-14H2,1-2H3,(H,37,38)(H,30,31,32,33). The van der Waals surface area contributed by atoms with E-state index in [1.165, 1.54) is 20.0 Å². The van der Waals surface area contributed by atoms with Gasteiger partial charge in [-0.3, -0.25) is 24.1 Å². The van der Waals surface area contributed by atoms with Crippen molar-refractivity contribution in [2.24, 2.45) is 5.92 Å². The van der Waals surface area contributed by atoms with E-state index in [-0.39, 0.29) is 17.8 Å². The Kier molecular flexibility index (Phi) is 8.15. The van der Waals surface area contributed by atoms with Gasteiger partial charge in [0.2, 0.25) is 11.9 Å². The molecule has 13 heteroatoms. The number of amides is 1. The van der Waals surface area contributed by atoms with Gasteiger partial charge in [-0.25, -0.2) is 9.97 Å². The molecule has 13 nitrogen and oxygen atoms in total. The van der Waals surface area contributed by atoms with Crippen LogP contribution in [0.5, 0.6) is 0 Å². The number of ether oxygens (including phenoxy) is 1. The molecule has 0 bridgehead atoms. The number of carboxylic acid groups (broad SMARTS) is 1. The number of fused-ring (bicyclic) bond motifs is 1. The Balaban J connectivity index is 1.49. The highest BCUT2D eigenvalue weighted by Crippen LogP contribution is 2.47. The van der Waals surface area contributed by atoms with E-state index < -0.39 is 48.0 Å². The monoisotopic (exact) mass is 565 g/mol. The number of piperazine rings is 1.